The fourth-order valence-corrected chi connectivity index (χ4v) is 8.51. The molecule has 0 bridgehead atoms. The fourth-order valence-electron chi connectivity index (χ4n) is 4.96. The van der Waals surface area contributed by atoms with Crippen LogP contribution in [0.15, 0.2) is 12.7 Å². The monoisotopic (exact) mass is 939 g/mol. The number of thioether (sulfide) groups is 1. The molecule has 29 nitrogen and oxygen atoms in total. The highest BCUT2D eigenvalue weighted by Gasteiger charge is 2.50. The number of hydrogen-bond donors (Lipinski definition) is 11. The quantitative estimate of drug-likeness (QED) is 0.0223. The SMILES string of the molecule is CC(C)(COP(=O)(O)OP(=O)(O)OCC1OC(n2cnc3c(N)ncnc32)C(O)C1OP(=O)(O)O)C(O)C(=O)NCCC(=O)NCCSC(=O)CC(C(=O)O)C(=O)C(=O)O. The fraction of sp³-hybridized carbons (Fsp3) is 0.593. The number of carboxylic acids is 2. The molecular weight excluding hydrogens is 899 g/mol. The third kappa shape index (κ3) is 14.7. The van der Waals surface area contributed by atoms with E-state index in [-0.39, 0.29) is 42.2 Å². The molecule has 0 aliphatic carbocycles. The van der Waals surface area contributed by atoms with Gasteiger partial charge in [0.05, 0.1) is 19.5 Å². The van der Waals surface area contributed by atoms with Gasteiger partial charge in [-0.25, -0.2) is 33.4 Å². The highest BCUT2D eigenvalue weighted by Crippen LogP contribution is 2.61. The van der Waals surface area contributed by atoms with Gasteiger partial charge in [-0.05, 0) is 0 Å². The summed E-state index contributed by atoms with van der Waals surface area (Å²) < 4.78 is 61.9. The number of carbonyl (C=O) groups excluding carboxylic acids is 4. The van der Waals surface area contributed by atoms with Gasteiger partial charge in [0.25, 0.3) is 5.78 Å². The zero-order valence-electron chi connectivity index (χ0n) is 31.0. The minimum Gasteiger partial charge on any atom is -0.481 e. The van der Waals surface area contributed by atoms with Gasteiger partial charge in [-0.2, -0.15) is 4.31 Å². The van der Waals surface area contributed by atoms with E-state index in [9.17, 15) is 72.2 Å². The van der Waals surface area contributed by atoms with Crippen LogP contribution in [-0.2, 0) is 65.1 Å². The number of nitrogens with two attached hydrogens (primary N) is 1. The second kappa shape index (κ2) is 20.8. The van der Waals surface area contributed by atoms with E-state index in [1.807, 2.05) is 0 Å². The number of aliphatic hydroxyl groups excluding tert-OH is 2. The minimum absolute atomic E-state index is 0.00165. The molecule has 3 heterocycles. The summed E-state index contributed by atoms with van der Waals surface area (Å²) in [5.41, 5.74) is 4.10. The molecule has 60 heavy (non-hydrogen) atoms. The molecular formula is C27H40N7O22P3S. The van der Waals surface area contributed by atoms with Crippen molar-refractivity contribution in [1.82, 2.24) is 30.2 Å². The van der Waals surface area contributed by atoms with Gasteiger partial charge in [0, 0.05) is 37.1 Å². The van der Waals surface area contributed by atoms with Crippen LogP contribution >= 0.6 is 35.2 Å². The molecule has 2 amide bonds. The Morgan fingerprint density at radius 2 is 1.65 bits per heavy atom. The van der Waals surface area contributed by atoms with Crippen LogP contribution in [0, 0.1) is 11.3 Å². The number of rotatable bonds is 24. The number of nitrogens with zero attached hydrogens (tertiary/aromatic N) is 4. The highest BCUT2D eigenvalue weighted by molar-refractivity contribution is 8.13. The highest BCUT2D eigenvalue weighted by atomic mass is 32.2. The minimum atomic E-state index is -5.63. The summed E-state index contributed by atoms with van der Waals surface area (Å²) in [6.07, 6.45) is -8.29. The van der Waals surface area contributed by atoms with Crippen molar-refractivity contribution in [3.63, 3.8) is 0 Å². The number of hydrogen-bond acceptors (Lipinski definition) is 21. The molecule has 3 rings (SSSR count). The zero-order valence-corrected chi connectivity index (χ0v) is 34.5. The number of phosphoric acid groups is 3. The van der Waals surface area contributed by atoms with Crippen LogP contribution < -0.4 is 16.4 Å². The number of aliphatic carboxylic acids is 2. The van der Waals surface area contributed by atoms with Crippen molar-refractivity contribution in [2.75, 3.05) is 37.8 Å². The molecule has 33 heteroatoms. The van der Waals surface area contributed by atoms with Crippen molar-refractivity contribution >= 4 is 86.9 Å². The van der Waals surface area contributed by atoms with E-state index in [1.54, 1.807) is 0 Å². The first-order valence-electron chi connectivity index (χ1n) is 16.7. The predicted octanol–water partition coefficient (Wildman–Crippen LogP) is -2.59. The Balaban J connectivity index is 1.46. The number of aliphatic hydroxyl groups is 2. The lowest BCUT2D eigenvalue weighted by molar-refractivity contribution is -0.157. The lowest BCUT2D eigenvalue weighted by Gasteiger charge is -2.30. The molecule has 0 spiro atoms. The normalized spacial score (nSPS) is 21.3. The third-order valence-electron chi connectivity index (χ3n) is 7.96. The number of aromatic nitrogens is 4. The van der Waals surface area contributed by atoms with E-state index < -0.39 is 120 Å². The van der Waals surface area contributed by atoms with Crippen LogP contribution in [0.1, 0.15) is 32.9 Å². The maximum Gasteiger partial charge on any atom is 0.481 e. The number of phosphoric ester groups is 3. The van der Waals surface area contributed by atoms with Gasteiger partial charge in [0.1, 0.15) is 42.2 Å². The van der Waals surface area contributed by atoms with Crippen molar-refractivity contribution in [3.8, 4) is 0 Å². The summed E-state index contributed by atoms with van der Waals surface area (Å²) in [5, 5.41) is 42.8. The van der Waals surface area contributed by atoms with Crippen LogP contribution in [-0.4, -0.2) is 151 Å². The number of ketones is 1. The van der Waals surface area contributed by atoms with Crippen molar-refractivity contribution in [3.05, 3.63) is 12.7 Å². The van der Waals surface area contributed by atoms with E-state index >= 15 is 0 Å². The first-order chi connectivity index (χ1) is 27.6. The van der Waals surface area contributed by atoms with E-state index in [0.29, 0.717) is 11.8 Å². The summed E-state index contributed by atoms with van der Waals surface area (Å²) in [7, 11) is -16.6. The molecule has 1 aliphatic heterocycles. The summed E-state index contributed by atoms with van der Waals surface area (Å²) in [6, 6.07) is 0. The van der Waals surface area contributed by atoms with Gasteiger partial charge in [-0.1, -0.05) is 25.6 Å². The Morgan fingerprint density at radius 3 is 2.27 bits per heavy atom. The predicted molar refractivity (Wildman–Crippen MR) is 195 cm³/mol. The molecule has 2 aromatic rings. The van der Waals surface area contributed by atoms with Gasteiger partial charge in [-0.15, -0.1) is 0 Å². The van der Waals surface area contributed by atoms with Crippen LogP contribution in [0.3, 0.4) is 0 Å². The van der Waals surface area contributed by atoms with Crippen LogP contribution in [0.25, 0.3) is 11.2 Å². The first kappa shape index (κ1) is 50.5. The number of ether oxygens (including phenoxy) is 1. The smallest absolute Gasteiger partial charge is 0.481 e. The molecule has 1 aliphatic rings. The van der Waals surface area contributed by atoms with Crippen molar-refractivity contribution in [2.24, 2.45) is 11.3 Å². The van der Waals surface area contributed by atoms with Gasteiger partial charge in [0.2, 0.25) is 11.8 Å². The Labute approximate surface area is 340 Å². The summed E-state index contributed by atoms with van der Waals surface area (Å²) in [4.78, 5) is 121. The van der Waals surface area contributed by atoms with E-state index in [0.717, 1.165) is 17.2 Å². The first-order valence-corrected chi connectivity index (χ1v) is 22.2. The van der Waals surface area contributed by atoms with Crippen LogP contribution in [0.5, 0.6) is 0 Å². The third-order valence-corrected chi connectivity index (χ3v) is 12.0. The standard InChI is InChI=1S/C27H40N7O22P3S/c1-27(2,20(39)23(40)30-4-3-14(35)29-5-6-60-15(36)7-12(25(41)42)17(37)26(43)44)9-53-59(50,51)56-58(48,49)52-8-13-19(55-57(45,46)47)18(38)24(54-13)34-11-33-16-21(28)31-10-32-22(16)34/h10-13,18-20,24,38-39H,3-9H2,1-2H3,(H,29,35)(H,30,40)(H,41,42)(H,43,44)(H,48,49)(H,50,51)(H2,28,31,32)(H2,45,46,47). The van der Waals surface area contributed by atoms with Gasteiger partial charge >= 0.3 is 35.4 Å². The molecule has 0 aromatic carbocycles. The lowest BCUT2D eigenvalue weighted by atomic mass is 9.87. The molecule has 0 radical (unpaired) electrons. The molecule has 336 valence electrons. The summed E-state index contributed by atoms with van der Waals surface area (Å²) in [5.74, 6) is -9.43. The number of amides is 2. The molecule has 12 N–H and O–H groups in total. The molecule has 0 saturated carbocycles. The lowest BCUT2D eigenvalue weighted by Crippen LogP contribution is -2.46. The molecule has 1 fully saturated rings. The topological polar surface area (TPSA) is 455 Å². The van der Waals surface area contributed by atoms with Gasteiger partial charge in [-0.3, -0.25) is 42.1 Å². The van der Waals surface area contributed by atoms with Crippen molar-refractivity contribution < 1.29 is 105 Å². The molecule has 8 unspecified atom stereocenters. The number of carbonyl (C=O) groups is 6. The Kier molecular flexibility index (Phi) is 17.5. The average molecular weight is 940 g/mol. The Hall–Kier alpha value is -3.83. The summed E-state index contributed by atoms with van der Waals surface area (Å²) >= 11 is 0.537. The maximum absolute atomic E-state index is 12.7. The number of nitrogen functional groups attached to an aromatic ring is 1. The zero-order chi connectivity index (χ0) is 45.4. The number of nitrogens with one attached hydrogen (secondary N) is 2. The summed E-state index contributed by atoms with van der Waals surface area (Å²) in [6.45, 7) is -0.258. The average Bonchev–Trinajstić information content (AvgIpc) is 3.69. The number of fused-ring (bicyclic) bond motifs is 1. The number of anilines is 1. The van der Waals surface area contributed by atoms with Crippen molar-refractivity contribution in [2.45, 2.75) is 57.3 Å². The molecule has 1 saturated heterocycles. The second-order valence-corrected chi connectivity index (χ2v) is 18.4. The maximum atomic E-state index is 12.7. The van der Waals surface area contributed by atoms with Crippen LogP contribution in [0.4, 0.5) is 5.82 Å². The number of carboxylic acid groups (broad SMARTS) is 2. The Morgan fingerprint density at radius 1 is 1.00 bits per heavy atom. The van der Waals surface area contributed by atoms with Gasteiger partial charge < -0.3 is 61.1 Å². The van der Waals surface area contributed by atoms with Crippen molar-refractivity contribution in [1.29, 1.82) is 0 Å². The van der Waals surface area contributed by atoms with E-state index in [2.05, 4.69) is 34.4 Å². The molecule has 8 atom stereocenters. The van der Waals surface area contributed by atoms with Gasteiger partial charge in [0.15, 0.2) is 22.8 Å². The second-order valence-electron chi connectivity index (χ2n) is 13.1. The van der Waals surface area contributed by atoms with E-state index in [1.165, 1.54) is 13.8 Å². The molecule has 2 aromatic heterocycles. The number of imidazole rings is 1. The van der Waals surface area contributed by atoms with E-state index in [4.69, 9.17) is 29.7 Å². The van der Waals surface area contributed by atoms with Crippen LogP contribution in [0.2, 0.25) is 0 Å². The Bertz CT molecular complexity index is 2080. The number of Topliss-reactive ketones (excluding diaryl/α,β-unsaturated/α-hetero) is 1. The largest absolute Gasteiger partial charge is 0.481 e.